The minimum atomic E-state index is -0.812. The van der Waals surface area contributed by atoms with Crippen LogP contribution in [0.1, 0.15) is 68.7 Å². The Morgan fingerprint density at radius 3 is 2.07 bits per heavy atom. The van der Waals surface area contributed by atoms with E-state index >= 15 is 0 Å². The molecule has 1 amide bonds. The fraction of sp³-hybridized carbons (Fsp3) is 0.400. The first-order chi connectivity index (χ1) is 20.6. The van der Waals surface area contributed by atoms with Crippen LogP contribution in [0.5, 0.6) is 0 Å². The first kappa shape index (κ1) is 29.6. The van der Waals surface area contributed by atoms with E-state index in [1.165, 1.54) is 22.3 Å². The van der Waals surface area contributed by atoms with Gasteiger partial charge >= 0.3 is 13.2 Å². The van der Waals surface area contributed by atoms with Crippen LogP contribution >= 0.6 is 0 Å². The fourth-order valence-electron chi connectivity index (χ4n) is 6.25. The number of carbonyl (C=O) groups excluding carboxylic acids is 1. The second-order valence-electron chi connectivity index (χ2n) is 12.9. The van der Waals surface area contributed by atoms with Crippen molar-refractivity contribution in [1.82, 2.24) is 10.6 Å². The minimum Gasteiger partial charge on any atom is -0.449 e. The van der Waals surface area contributed by atoms with Gasteiger partial charge in [0.05, 0.1) is 16.8 Å². The lowest BCUT2D eigenvalue weighted by Gasteiger charge is -2.33. The van der Waals surface area contributed by atoms with Crippen molar-refractivity contribution in [2.45, 2.75) is 63.3 Å². The third-order valence-electron chi connectivity index (χ3n) is 9.57. The molecule has 3 aliphatic rings. The number of amides is 1. The van der Waals surface area contributed by atoms with Crippen molar-refractivity contribution < 1.29 is 23.9 Å². The smallest absolute Gasteiger partial charge is 0.449 e. The zero-order valence-corrected chi connectivity index (χ0v) is 25.5. The van der Waals surface area contributed by atoms with Gasteiger partial charge in [-0.25, -0.2) is 4.79 Å². The number of nitrogens with one attached hydrogen (secondary N) is 2. The maximum atomic E-state index is 13.0. The van der Waals surface area contributed by atoms with Crippen molar-refractivity contribution in [3.63, 3.8) is 0 Å². The van der Waals surface area contributed by atoms with Crippen LogP contribution in [-0.4, -0.2) is 55.8 Å². The summed E-state index contributed by atoms with van der Waals surface area (Å²) in [6, 6.07) is 24.5. The number of carbonyl (C=O) groups is 1. The standard InChI is InChI=1S/C35H41BN2O5/c1-33(2)34(3,4)43-36(42-33)26(21-24-13-15-25(16-14-24)35(40)17-19-37-20-18-35)22-38-32(39)41-23-31-29-11-7-5-9-27(29)28-10-6-8-12-30(28)31/h5-16,21,31,37,40H,17-20,22-23H2,1-4H3,(H,38,39). The molecule has 2 heterocycles. The molecule has 2 saturated heterocycles. The normalized spacial score (nSPS) is 20.4. The van der Waals surface area contributed by atoms with Crippen LogP contribution in [0.15, 0.2) is 78.3 Å². The van der Waals surface area contributed by atoms with Gasteiger partial charge in [-0.2, -0.15) is 0 Å². The lowest BCUT2D eigenvalue weighted by Crippen LogP contribution is -2.41. The Labute approximate surface area is 254 Å². The van der Waals surface area contributed by atoms with Crippen LogP contribution in [0, 0.1) is 0 Å². The monoisotopic (exact) mass is 580 g/mol. The fourth-order valence-corrected chi connectivity index (χ4v) is 6.25. The van der Waals surface area contributed by atoms with Gasteiger partial charge in [0.15, 0.2) is 0 Å². The molecule has 8 heteroatoms. The summed E-state index contributed by atoms with van der Waals surface area (Å²) in [7, 11) is -0.632. The molecule has 0 radical (unpaired) electrons. The summed E-state index contributed by atoms with van der Waals surface area (Å²) < 4.78 is 18.5. The van der Waals surface area contributed by atoms with Crippen LogP contribution in [0.4, 0.5) is 4.79 Å². The Hall–Kier alpha value is -3.43. The van der Waals surface area contributed by atoms with Crippen molar-refractivity contribution in [2.24, 2.45) is 0 Å². The molecule has 0 spiro atoms. The van der Waals surface area contributed by atoms with Crippen LogP contribution < -0.4 is 10.6 Å². The van der Waals surface area contributed by atoms with Crippen molar-refractivity contribution in [3.05, 3.63) is 101 Å². The van der Waals surface area contributed by atoms with Crippen molar-refractivity contribution in [2.75, 3.05) is 26.2 Å². The highest BCUT2D eigenvalue weighted by molar-refractivity contribution is 6.56. The molecule has 0 saturated carbocycles. The average Bonchev–Trinajstić information content (AvgIpc) is 3.43. The number of hydrogen-bond acceptors (Lipinski definition) is 6. The van der Waals surface area contributed by atoms with Gasteiger partial charge in [0.1, 0.15) is 6.61 Å². The van der Waals surface area contributed by atoms with Gasteiger partial charge < -0.3 is 29.8 Å². The van der Waals surface area contributed by atoms with Crippen molar-refractivity contribution in [3.8, 4) is 11.1 Å². The van der Waals surface area contributed by atoms with Gasteiger partial charge in [0.25, 0.3) is 0 Å². The van der Waals surface area contributed by atoms with E-state index in [4.69, 9.17) is 14.0 Å². The van der Waals surface area contributed by atoms with E-state index in [1.807, 2.05) is 82.3 Å². The number of benzene rings is 3. The summed E-state index contributed by atoms with van der Waals surface area (Å²) in [6.07, 6.45) is 2.87. The van der Waals surface area contributed by atoms with Gasteiger partial charge in [0.2, 0.25) is 0 Å². The molecule has 0 bridgehead atoms. The molecule has 7 nitrogen and oxygen atoms in total. The second-order valence-corrected chi connectivity index (χ2v) is 12.9. The highest BCUT2D eigenvalue weighted by Crippen LogP contribution is 2.44. The summed E-state index contributed by atoms with van der Waals surface area (Å²) in [5, 5.41) is 17.4. The number of rotatable bonds is 7. The summed E-state index contributed by atoms with van der Waals surface area (Å²) >= 11 is 0. The summed E-state index contributed by atoms with van der Waals surface area (Å²) in [6.45, 7) is 10.1. The molecule has 0 atom stereocenters. The average molecular weight is 581 g/mol. The molecular formula is C35H41BN2O5. The molecule has 0 unspecified atom stereocenters. The third kappa shape index (κ3) is 5.89. The van der Waals surface area contributed by atoms with Crippen LogP contribution in [0.3, 0.4) is 0 Å². The van der Waals surface area contributed by atoms with Crippen LogP contribution in [-0.2, 0) is 19.6 Å². The van der Waals surface area contributed by atoms with Gasteiger partial charge in [-0.15, -0.1) is 0 Å². The van der Waals surface area contributed by atoms with E-state index < -0.39 is 30.0 Å². The van der Waals surface area contributed by atoms with Crippen LogP contribution in [0.25, 0.3) is 17.2 Å². The van der Waals surface area contributed by atoms with Gasteiger partial charge in [-0.3, -0.25) is 0 Å². The van der Waals surface area contributed by atoms with Gasteiger partial charge in [0, 0.05) is 12.5 Å². The molecule has 3 N–H and O–H groups in total. The van der Waals surface area contributed by atoms with E-state index in [-0.39, 0.29) is 19.1 Å². The topological polar surface area (TPSA) is 89.1 Å². The minimum absolute atomic E-state index is 0.00969. The van der Waals surface area contributed by atoms with Crippen LogP contribution in [0.2, 0.25) is 0 Å². The predicted molar refractivity (Wildman–Crippen MR) is 170 cm³/mol. The van der Waals surface area contributed by atoms with Crippen molar-refractivity contribution >= 4 is 19.3 Å². The Balaban J connectivity index is 1.16. The molecule has 6 rings (SSSR count). The molecule has 3 aromatic carbocycles. The van der Waals surface area contributed by atoms with Gasteiger partial charge in [-0.05, 0) is 92.5 Å². The summed E-state index contributed by atoms with van der Waals surface area (Å²) in [5.41, 5.74) is 5.49. The SMILES string of the molecule is CC1(C)OB(C(=Cc2ccc(C3(O)CCNCC3)cc2)CNC(=O)OCC2c3ccccc3-c3ccccc32)OC1(C)C. The maximum Gasteiger partial charge on any atom is 0.492 e. The molecular weight excluding hydrogens is 539 g/mol. The molecule has 1 aliphatic carbocycles. The van der Waals surface area contributed by atoms with E-state index in [0.29, 0.717) is 12.8 Å². The van der Waals surface area contributed by atoms with E-state index in [0.717, 1.165) is 29.7 Å². The Kier molecular flexibility index (Phi) is 7.98. The zero-order chi connectivity index (χ0) is 30.2. The molecule has 43 heavy (non-hydrogen) atoms. The lowest BCUT2D eigenvalue weighted by atomic mass is 9.76. The number of hydrogen-bond donors (Lipinski definition) is 3. The highest BCUT2D eigenvalue weighted by Gasteiger charge is 2.52. The molecule has 2 aliphatic heterocycles. The van der Waals surface area contributed by atoms with E-state index in [2.05, 4.69) is 34.9 Å². The number of alkyl carbamates (subject to hydrolysis) is 1. The van der Waals surface area contributed by atoms with E-state index in [9.17, 15) is 9.90 Å². The number of fused-ring (bicyclic) bond motifs is 3. The highest BCUT2D eigenvalue weighted by atomic mass is 16.7. The van der Waals surface area contributed by atoms with Crippen molar-refractivity contribution in [1.29, 1.82) is 0 Å². The number of ether oxygens (including phenoxy) is 1. The maximum absolute atomic E-state index is 13.0. The number of aliphatic hydroxyl groups is 1. The quantitative estimate of drug-likeness (QED) is 0.306. The lowest BCUT2D eigenvalue weighted by molar-refractivity contribution is 0.00578. The number of piperidine rings is 1. The molecule has 224 valence electrons. The second kappa shape index (κ2) is 11.6. The summed E-state index contributed by atoms with van der Waals surface area (Å²) in [5.74, 6) is -0.00969. The zero-order valence-electron chi connectivity index (χ0n) is 25.5. The Bertz CT molecular complexity index is 1450. The first-order valence-corrected chi connectivity index (χ1v) is 15.2. The molecule has 0 aromatic heterocycles. The largest absolute Gasteiger partial charge is 0.492 e. The Morgan fingerprint density at radius 1 is 0.930 bits per heavy atom. The van der Waals surface area contributed by atoms with E-state index in [1.54, 1.807) is 0 Å². The molecule has 2 fully saturated rings. The first-order valence-electron chi connectivity index (χ1n) is 15.2. The Morgan fingerprint density at radius 2 is 1.49 bits per heavy atom. The predicted octanol–water partition coefficient (Wildman–Crippen LogP) is 5.81. The third-order valence-corrected chi connectivity index (χ3v) is 9.57. The summed E-state index contributed by atoms with van der Waals surface area (Å²) in [4.78, 5) is 13.0. The molecule has 3 aromatic rings. The van der Waals surface area contributed by atoms with Gasteiger partial charge in [-0.1, -0.05) is 78.9 Å².